The fourth-order valence-corrected chi connectivity index (χ4v) is 2.83. The Morgan fingerprint density at radius 3 is 2.77 bits per heavy atom. The van der Waals surface area contributed by atoms with Crippen LogP contribution in [0, 0.1) is 0 Å². The number of carbonyl (C=O) groups excluding carboxylic acids is 3. The molecule has 22 heavy (non-hydrogen) atoms. The van der Waals surface area contributed by atoms with E-state index in [1.165, 1.54) is 4.90 Å². The Labute approximate surface area is 136 Å². The Kier molecular flexibility index (Phi) is 5.54. The molecule has 2 rings (SSSR count). The van der Waals surface area contributed by atoms with Gasteiger partial charge in [0, 0.05) is 11.0 Å². The summed E-state index contributed by atoms with van der Waals surface area (Å²) in [5, 5.41) is 0. The van der Waals surface area contributed by atoms with Gasteiger partial charge >= 0.3 is 5.97 Å². The van der Waals surface area contributed by atoms with Crippen molar-refractivity contribution in [1.29, 1.82) is 0 Å². The molecule has 0 spiro atoms. The van der Waals surface area contributed by atoms with Crippen LogP contribution in [0.4, 0.5) is 0 Å². The lowest BCUT2D eigenvalue weighted by Crippen LogP contribution is -2.51. The van der Waals surface area contributed by atoms with Crippen molar-refractivity contribution in [1.82, 2.24) is 4.90 Å². The maximum atomic E-state index is 12.1. The van der Waals surface area contributed by atoms with Gasteiger partial charge in [0.25, 0.3) is 5.91 Å². The van der Waals surface area contributed by atoms with Crippen LogP contribution < -0.4 is 5.73 Å². The summed E-state index contributed by atoms with van der Waals surface area (Å²) in [7, 11) is 0. The summed E-state index contributed by atoms with van der Waals surface area (Å²) in [5.74, 6) is -1.50. The first kappa shape index (κ1) is 16.5. The summed E-state index contributed by atoms with van der Waals surface area (Å²) < 4.78 is 5.77. The van der Waals surface area contributed by atoms with E-state index in [0.717, 1.165) is 17.3 Å². The first-order valence-corrected chi connectivity index (χ1v) is 7.80. The van der Waals surface area contributed by atoms with Crippen LogP contribution in [-0.4, -0.2) is 41.9 Å². The van der Waals surface area contributed by atoms with Crippen molar-refractivity contribution in [2.24, 2.45) is 5.73 Å². The quantitative estimate of drug-likeness (QED) is 0.814. The Hall–Kier alpha value is -1.89. The highest BCUT2D eigenvalue weighted by molar-refractivity contribution is 9.10. The lowest BCUT2D eigenvalue weighted by molar-refractivity contribution is -0.143. The molecule has 1 aromatic rings. The van der Waals surface area contributed by atoms with E-state index in [1.54, 1.807) is 24.3 Å². The van der Waals surface area contributed by atoms with E-state index in [9.17, 15) is 14.4 Å². The third-order valence-electron chi connectivity index (χ3n) is 3.54. The number of halogens is 1. The molecule has 0 aliphatic carbocycles. The van der Waals surface area contributed by atoms with Crippen LogP contribution in [0.3, 0.4) is 0 Å². The van der Waals surface area contributed by atoms with Gasteiger partial charge in [0.15, 0.2) is 6.61 Å². The maximum Gasteiger partial charge on any atom is 0.338 e. The number of nitrogens with two attached hydrogens (primary N) is 1. The summed E-state index contributed by atoms with van der Waals surface area (Å²) in [5.41, 5.74) is 5.67. The van der Waals surface area contributed by atoms with Gasteiger partial charge in [-0.15, -0.1) is 0 Å². The number of carbonyl (C=O) groups is 3. The number of esters is 1. The number of benzene rings is 1. The van der Waals surface area contributed by atoms with E-state index in [4.69, 9.17) is 10.5 Å². The van der Waals surface area contributed by atoms with Crippen molar-refractivity contribution < 1.29 is 19.1 Å². The number of likely N-dealkylation sites (tertiary alicyclic amines) is 1. The van der Waals surface area contributed by atoms with E-state index in [1.807, 2.05) is 0 Å². The first-order valence-electron chi connectivity index (χ1n) is 7.00. The van der Waals surface area contributed by atoms with Gasteiger partial charge in [-0.1, -0.05) is 22.0 Å². The molecule has 2 amide bonds. The van der Waals surface area contributed by atoms with Crippen LogP contribution in [0.2, 0.25) is 0 Å². The van der Waals surface area contributed by atoms with Crippen molar-refractivity contribution in [3.05, 3.63) is 34.3 Å². The van der Waals surface area contributed by atoms with Crippen LogP contribution in [0.5, 0.6) is 0 Å². The highest BCUT2D eigenvalue weighted by atomic mass is 79.9. The topological polar surface area (TPSA) is 89.7 Å². The van der Waals surface area contributed by atoms with E-state index >= 15 is 0 Å². The number of nitrogens with zero attached hydrogens (tertiary/aromatic N) is 1. The molecule has 1 saturated heterocycles. The zero-order valence-corrected chi connectivity index (χ0v) is 13.5. The third-order valence-corrected chi connectivity index (χ3v) is 4.03. The standard InChI is InChI=1S/C15H17BrN2O4/c16-11-5-3-4-10(8-11)15(21)22-9-13(19)18-7-2-1-6-12(18)14(17)20/h3-5,8,12H,1-2,6-7,9H2,(H2,17,20)/t12-/m0/s1. The number of rotatable bonds is 4. The third kappa shape index (κ3) is 4.07. The Morgan fingerprint density at radius 1 is 1.32 bits per heavy atom. The predicted octanol–water partition coefficient (Wildman–Crippen LogP) is 1.47. The zero-order chi connectivity index (χ0) is 16.1. The molecule has 7 heteroatoms. The van der Waals surface area contributed by atoms with Crippen LogP contribution in [0.1, 0.15) is 29.6 Å². The molecule has 1 heterocycles. The Balaban J connectivity index is 1.94. The minimum absolute atomic E-state index is 0.354. The molecule has 1 aromatic carbocycles. The summed E-state index contributed by atoms with van der Waals surface area (Å²) in [6, 6.07) is 6.10. The monoisotopic (exact) mass is 368 g/mol. The average Bonchev–Trinajstić information content (AvgIpc) is 2.52. The Morgan fingerprint density at radius 2 is 2.09 bits per heavy atom. The minimum Gasteiger partial charge on any atom is -0.452 e. The van der Waals surface area contributed by atoms with Gasteiger partial charge in [-0.05, 0) is 37.5 Å². The van der Waals surface area contributed by atoms with E-state index < -0.39 is 30.4 Å². The molecule has 1 aliphatic heterocycles. The fourth-order valence-electron chi connectivity index (χ4n) is 2.43. The van der Waals surface area contributed by atoms with Crippen molar-refractivity contribution in [3.63, 3.8) is 0 Å². The maximum absolute atomic E-state index is 12.1. The van der Waals surface area contributed by atoms with Crippen LogP contribution in [-0.2, 0) is 14.3 Å². The summed E-state index contributed by atoms with van der Waals surface area (Å²) >= 11 is 3.26. The normalized spacial score (nSPS) is 17.9. The second kappa shape index (κ2) is 7.40. The number of ether oxygens (including phenoxy) is 1. The van der Waals surface area contributed by atoms with Crippen LogP contribution >= 0.6 is 15.9 Å². The SMILES string of the molecule is NC(=O)[C@@H]1CCCCN1C(=O)COC(=O)c1cccc(Br)c1. The van der Waals surface area contributed by atoms with Crippen molar-refractivity contribution in [2.75, 3.05) is 13.2 Å². The molecule has 0 aromatic heterocycles. The van der Waals surface area contributed by atoms with E-state index in [-0.39, 0.29) is 0 Å². The van der Waals surface area contributed by atoms with Gasteiger partial charge in [0.1, 0.15) is 6.04 Å². The van der Waals surface area contributed by atoms with Crippen molar-refractivity contribution in [3.8, 4) is 0 Å². The van der Waals surface area contributed by atoms with Gasteiger partial charge in [0.05, 0.1) is 5.56 Å². The number of hydrogen-bond acceptors (Lipinski definition) is 4. The summed E-state index contributed by atoms with van der Waals surface area (Å²) in [4.78, 5) is 36.8. The lowest BCUT2D eigenvalue weighted by Gasteiger charge is -2.33. The van der Waals surface area contributed by atoms with Gasteiger partial charge in [-0.2, -0.15) is 0 Å². The van der Waals surface area contributed by atoms with Crippen LogP contribution in [0.15, 0.2) is 28.7 Å². The zero-order valence-electron chi connectivity index (χ0n) is 12.0. The number of amides is 2. The van der Waals surface area contributed by atoms with Crippen LogP contribution in [0.25, 0.3) is 0 Å². The summed E-state index contributed by atoms with van der Waals surface area (Å²) in [6.07, 6.45) is 2.23. The van der Waals surface area contributed by atoms with Gasteiger partial charge in [-0.25, -0.2) is 4.79 Å². The first-order chi connectivity index (χ1) is 10.5. The molecule has 1 aliphatic rings. The molecule has 0 radical (unpaired) electrons. The van der Waals surface area contributed by atoms with Gasteiger partial charge in [-0.3, -0.25) is 9.59 Å². The molecule has 0 bridgehead atoms. The second-order valence-corrected chi connectivity index (χ2v) is 6.00. The van der Waals surface area contributed by atoms with Gasteiger partial charge < -0.3 is 15.4 Å². The summed E-state index contributed by atoms with van der Waals surface area (Å²) in [6.45, 7) is 0.0655. The van der Waals surface area contributed by atoms with E-state index in [0.29, 0.717) is 18.5 Å². The molecule has 6 nitrogen and oxygen atoms in total. The second-order valence-electron chi connectivity index (χ2n) is 5.09. The van der Waals surface area contributed by atoms with Gasteiger partial charge in [0.2, 0.25) is 5.91 Å². The predicted molar refractivity (Wildman–Crippen MR) is 83.0 cm³/mol. The fraction of sp³-hybridized carbons (Fsp3) is 0.400. The van der Waals surface area contributed by atoms with E-state index in [2.05, 4.69) is 15.9 Å². The Bertz CT molecular complexity index is 591. The highest BCUT2D eigenvalue weighted by Crippen LogP contribution is 2.17. The number of primary amides is 1. The number of piperidine rings is 1. The molecular formula is C15H17BrN2O4. The molecule has 118 valence electrons. The smallest absolute Gasteiger partial charge is 0.338 e. The molecule has 2 N–H and O–H groups in total. The molecule has 1 fully saturated rings. The van der Waals surface area contributed by atoms with Crippen molar-refractivity contribution >= 4 is 33.7 Å². The number of hydrogen-bond donors (Lipinski definition) is 1. The molecular weight excluding hydrogens is 352 g/mol. The molecule has 0 saturated carbocycles. The van der Waals surface area contributed by atoms with Crippen molar-refractivity contribution in [2.45, 2.75) is 25.3 Å². The minimum atomic E-state index is -0.606. The lowest BCUT2D eigenvalue weighted by atomic mass is 10.0. The molecule has 1 atom stereocenters. The molecule has 0 unspecified atom stereocenters. The highest BCUT2D eigenvalue weighted by Gasteiger charge is 2.31. The average molecular weight is 369 g/mol. The largest absolute Gasteiger partial charge is 0.452 e.